The number of hydrogen-bond donors (Lipinski definition) is 1. The van der Waals surface area contributed by atoms with Crippen LogP contribution in [0.25, 0.3) is 0 Å². The number of rotatable bonds is 3. The number of carboxylic acid groups (broad SMARTS) is 1. The first kappa shape index (κ1) is 14.1. The third kappa shape index (κ3) is 3.09. The van der Waals surface area contributed by atoms with Crippen LogP contribution in [0.2, 0.25) is 0 Å². The number of carbonyl (C=O) groups is 2. The number of carboxylic acids is 1. The molecule has 21 heavy (non-hydrogen) atoms. The predicted octanol–water partition coefficient (Wildman–Crippen LogP) is 2.58. The van der Waals surface area contributed by atoms with Crippen molar-refractivity contribution in [2.24, 2.45) is 11.8 Å². The molecule has 0 aromatic heterocycles. The van der Waals surface area contributed by atoms with E-state index in [1.165, 1.54) is 25.7 Å². The second-order valence-electron chi connectivity index (χ2n) is 6.29. The van der Waals surface area contributed by atoms with Crippen LogP contribution >= 0.6 is 0 Å². The fourth-order valence-corrected chi connectivity index (χ4v) is 3.71. The maximum absolute atomic E-state index is 12.4. The van der Waals surface area contributed by atoms with E-state index in [2.05, 4.69) is 0 Å². The highest BCUT2D eigenvalue weighted by Gasteiger charge is 2.36. The zero-order valence-electron chi connectivity index (χ0n) is 12.1. The molecule has 4 heteroatoms. The molecule has 0 spiro atoms. The highest BCUT2D eigenvalue weighted by molar-refractivity contribution is 5.88. The van der Waals surface area contributed by atoms with Crippen molar-refractivity contribution in [1.29, 1.82) is 0 Å². The number of nitrogens with zero attached hydrogens (tertiary/aromatic N) is 1. The van der Waals surface area contributed by atoms with E-state index in [1.54, 1.807) is 18.2 Å². The Labute approximate surface area is 124 Å². The van der Waals surface area contributed by atoms with Gasteiger partial charge in [0.15, 0.2) is 0 Å². The van der Waals surface area contributed by atoms with Crippen LogP contribution in [0.15, 0.2) is 24.3 Å². The topological polar surface area (TPSA) is 57.6 Å². The first-order chi connectivity index (χ1) is 10.1. The van der Waals surface area contributed by atoms with Crippen molar-refractivity contribution in [1.82, 2.24) is 4.90 Å². The number of aromatic carboxylic acids is 1. The monoisotopic (exact) mass is 287 g/mol. The molecule has 0 bridgehead atoms. The lowest BCUT2D eigenvalue weighted by Crippen LogP contribution is -2.30. The summed E-state index contributed by atoms with van der Waals surface area (Å²) in [6, 6.07) is 6.69. The zero-order valence-corrected chi connectivity index (χ0v) is 12.1. The van der Waals surface area contributed by atoms with E-state index in [-0.39, 0.29) is 11.5 Å². The summed E-state index contributed by atoms with van der Waals surface area (Å²) in [5.74, 6) is 0.560. The quantitative estimate of drug-likeness (QED) is 0.929. The fraction of sp³-hybridized carbons (Fsp3) is 0.529. The van der Waals surface area contributed by atoms with Gasteiger partial charge in [-0.2, -0.15) is 0 Å². The summed E-state index contributed by atoms with van der Waals surface area (Å²) in [4.78, 5) is 25.4. The van der Waals surface area contributed by atoms with Crippen molar-refractivity contribution in [3.8, 4) is 0 Å². The second-order valence-corrected chi connectivity index (χ2v) is 6.29. The Balaban J connectivity index is 1.64. The Bertz CT molecular complexity index is 541. The van der Waals surface area contributed by atoms with Gasteiger partial charge in [-0.05, 0) is 42.4 Å². The summed E-state index contributed by atoms with van der Waals surface area (Å²) in [5.41, 5.74) is 1.03. The molecule has 1 aliphatic heterocycles. The molecule has 1 amide bonds. The Morgan fingerprint density at radius 1 is 1.14 bits per heavy atom. The molecule has 1 N–H and O–H groups in total. The summed E-state index contributed by atoms with van der Waals surface area (Å²) >= 11 is 0. The van der Waals surface area contributed by atoms with Crippen LogP contribution in [0.1, 0.15) is 41.6 Å². The van der Waals surface area contributed by atoms with Gasteiger partial charge in [0.05, 0.1) is 12.0 Å². The Morgan fingerprint density at radius 2 is 1.81 bits per heavy atom. The maximum Gasteiger partial charge on any atom is 0.335 e. The molecule has 2 fully saturated rings. The molecular weight excluding hydrogens is 266 g/mol. The minimum atomic E-state index is -0.948. The molecule has 112 valence electrons. The zero-order chi connectivity index (χ0) is 14.8. The van der Waals surface area contributed by atoms with E-state index in [4.69, 9.17) is 5.11 Å². The number of amides is 1. The highest BCUT2D eigenvalue weighted by Crippen LogP contribution is 2.36. The standard InChI is InChI=1S/C17H21NO3/c19-16(9-12-4-3-7-13(8-12)17(20)21)18-10-14-5-1-2-6-15(14)11-18/h3-4,7-8,14-15H,1-2,5-6,9-11H2,(H,20,21). The molecule has 1 saturated heterocycles. The average molecular weight is 287 g/mol. The van der Waals surface area contributed by atoms with Crippen LogP contribution in [0.5, 0.6) is 0 Å². The lowest BCUT2D eigenvalue weighted by Gasteiger charge is -2.22. The van der Waals surface area contributed by atoms with Gasteiger partial charge in [0.1, 0.15) is 0 Å². The largest absolute Gasteiger partial charge is 0.478 e. The van der Waals surface area contributed by atoms with Gasteiger partial charge in [-0.15, -0.1) is 0 Å². The van der Waals surface area contributed by atoms with Gasteiger partial charge in [0.25, 0.3) is 0 Å². The van der Waals surface area contributed by atoms with Gasteiger partial charge in [-0.3, -0.25) is 4.79 Å². The molecule has 4 nitrogen and oxygen atoms in total. The summed E-state index contributed by atoms with van der Waals surface area (Å²) < 4.78 is 0. The molecular formula is C17H21NO3. The molecule has 1 aromatic rings. The molecule has 2 atom stereocenters. The van der Waals surface area contributed by atoms with Crippen molar-refractivity contribution in [3.63, 3.8) is 0 Å². The number of carbonyl (C=O) groups excluding carboxylic acids is 1. The van der Waals surface area contributed by atoms with E-state index < -0.39 is 5.97 Å². The van der Waals surface area contributed by atoms with Crippen molar-refractivity contribution in [3.05, 3.63) is 35.4 Å². The lowest BCUT2D eigenvalue weighted by atomic mass is 9.82. The van der Waals surface area contributed by atoms with E-state index in [1.807, 2.05) is 11.0 Å². The number of hydrogen-bond acceptors (Lipinski definition) is 2. The summed E-state index contributed by atoms with van der Waals surface area (Å²) in [6.07, 6.45) is 5.40. The van der Waals surface area contributed by atoms with Crippen molar-refractivity contribution >= 4 is 11.9 Å². The third-order valence-electron chi connectivity index (χ3n) is 4.86. The van der Waals surface area contributed by atoms with Crippen LogP contribution < -0.4 is 0 Å². The van der Waals surface area contributed by atoms with Crippen LogP contribution in [-0.4, -0.2) is 35.0 Å². The first-order valence-corrected chi connectivity index (χ1v) is 7.73. The number of benzene rings is 1. The summed E-state index contributed by atoms with van der Waals surface area (Å²) in [5, 5.41) is 9.00. The minimum absolute atomic E-state index is 0.131. The van der Waals surface area contributed by atoms with Gasteiger partial charge in [0, 0.05) is 13.1 Å². The SMILES string of the molecule is O=C(O)c1cccc(CC(=O)N2CC3CCCCC3C2)c1. The normalized spacial score (nSPS) is 24.7. The van der Waals surface area contributed by atoms with E-state index in [9.17, 15) is 9.59 Å². The smallest absolute Gasteiger partial charge is 0.335 e. The molecule has 1 saturated carbocycles. The van der Waals surface area contributed by atoms with E-state index >= 15 is 0 Å². The lowest BCUT2D eigenvalue weighted by molar-refractivity contribution is -0.129. The third-order valence-corrected chi connectivity index (χ3v) is 4.86. The van der Waals surface area contributed by atoms with Crippen molar-refractivity contribution in [2.75, 3.05) is 13.1 Å². The summed E-state index contributed by atoms with van der Waals surface area (Å²) in [6.45, 7) is 1.78. The van der Waals surface area contributed by atoms with Crippen LogP contribution in [0, 0.1) is 11.8 Å². The van der Waals surface area contributed by atoms with Gasteiger partial charge >= 0.3 is 5.97 Å². The molecule has 0 radical (unpaired) electrons. The van der Waals surface area contributed by atoms with Crippen molar-refractivity contribution < 1.29 is 14.7 Å². The molecule has 1 aromatic carbocycles. The Hall–Kier alpha value is -1.84. The number of fused-ring (bicyclic) bond motifs is 1. The van der Waals surface area contributed by atoms with Gasteiger partial charge in [-0.1, -0.05) is 25.0 Å². The van der Waals surface area contributed by atoms with Gasteiger partial charge < -0.3 is 10.0 Å². The van der Waals surface area contributed by atoms with Crippen molar-refractivity contribution in [2.45, 2.75) is 32.1 Å². The molecule has 3 rings (SSSR count). The van der Waals surface area contributed by atoms with E-state index in [0.29, 0.717) is 18.3 Å². The maximum atomic E-state index is 12.4. The molecule has 1 heterocycles. The first-order valence-electron chi connectivity index (χ1n) is 7.73. The molecule has 2 aliphatic rings. The number of likely N-dealkylation sites (tertiary alicyclic amines) is 1. The highest BCUT2D eigenvalue weighted by atomic mass is 16.4. The molecule has 1 aliphatic carbocycles. The molecule has 2 unspecified atom stereocenters. The van der Waals surface area contributed by atoms with E-state index in [0.717, 1.165) is 18.7 Å². The van der Waals surface area contributed by atoms with Gasteiger partial charge in [0.2, 0.25) is 5.91 Å². The van der Waals surface area contributed by atoms with Crippen LogP contribution in [0.4, 0.5) is 0 Å². The average Bonchev–Trinajstić information content (AvgIpc) is 2.91. The van der Waals surface area contributed by atoms with Gasteiger partial charge in [-0.25, -0.2) is 4.79 Å². The van der Waals surface area contributed by atoms with Crippen LogP contribution in [0.3, 0.4) is 0 Å². The second kappa shape index (κ2) is 5.88. The summed E-state index contributed by atoms with van der Waals surface area (Å²) in [7, 11) is 0. The fourth-order valence-electron chi connectivity index (χ4n) is 3.71. The minimum Gasteiger partial charge on any atom is -0.478 e. The van der Waals surface area contributed by atoms with Crippen LogP contribution in [-0.2, 0) is 11.2 Å². The Kier molecular flexibility index (Phi) is 3.95. The Morgan fingerprint density at radius 3 is 2.43 bits per heavy atom. The predicted molar refractivity (Wildman–Crippen MR) is 79.1 cm³/mol.